The topological polar surface area (TPSA) is 29.5 Å². The minimum absolute atomic E-state index is 0.114. The van der Waals surface area contributed by atoms with Gasteiger partial charge in [0.15, 0.2) is 17.3 Å². The highest BCUT2D eigenvalue weighted by atomic mass is 127. The second-order valence-corrected chi connectivity index (χ2v) is 3.20. The molecule has 0 aliphatic carbocycles. The van der Waals surface area contributed by atoms with E-state index in [1.54, 1.807) is 22.6 Å². The first kappa shape index (κ1) is 9.50. The van der Waals surface area contributed by atoms with Gasteiger partial charge in [0.25, 0.3) is 0 Å². The molecule has 0 unspecified atom stereocenters. The van der Waals surface area contributed by atoms with Gasteiger partial charge in [0.1, 0.15) is 0 Å². The monoisotopic (exact) mass is 286 g/mol. The standard InChI is InChI=1S/C7H5F2IO2/c1-12-7-3(8)2-4(10)6(11)5(7)9/h2,11H,1H3. The van der Waals surface area contributed by atoms with Crippen molar-refractivity contribution in [1.82, 2.24) is 0 Å². The Hall–Kier alpha value is -0.590. The molecule has 0 aliphatic heterocycles. The molecular weight excluding hydrogens is 281 g/mol. The molecule has 0 atom stereocenters. The van der Waals surface area contributed by atoms with Crippen molar-refractivity contribution in [3.05, 3.63) is 21.3 Å². The van der Waals surface area contributed by atoms with E-state index < -0.39 is 23.1 Å². The molecule has 1 N–H and O–H groups in total. The summed E-state index contributed by atoms with van der Waals surface area (Å²) in [6.45, 7) is 0. The average Bonchev–Trinajstić information content (AvgIpc) is 2.01. The maximum absolute atomic E-state index is 12.9. The largest absolute Gasteiger partial charge is 0.504 e. The summed E-state index contributed by atoms with van der Waals surface area (Å²) in [7, 11) is 1.13. The molecule has 66 valence electrons. The van der Waals surface area contributed by atoms with Crippen LogP contribution in [0.25, 0.3) is 0 Å². The zero-order chi connectivity index (χ0) is 9.30. The van der Waals surface area contributed by atoms with E-state index >= 15 is 0 Å². The number of ether oxygens (including phenoxy) is 1. The minimum Gasteiger partial charge on any atom is -0.504 e. The van der Waals surface area contributed by atoms with Crippen LogP contribution in [0.15, 0.2) is 6.07 Å². The summed E-state index contributed by atoms with van der Waals surface area (Å²) in [6, 6.07) is 0.998. The quantitative estimate of drug-likeness (QED) is 0.803. The van der Waals surface area contributed by atoms with Crippen molar-refractivity contribution in [3.8, 4) is 11.5 Å². The Bertz CT molecular complexity index is 315. The summed E-state index contributed by atoms with van der Waals surface area (Å²) in [6.07, 6.45) is 0. The second-order valence-electron chi connectivity index (χ2n) is 2.04. The predicted molar refractivity (Wildman–Crippen MR) is 47.3 cm³/mol. The van der Waals surface area contributed by atoms with E-state index in [1.807, 2.05) is 0 Å². The van der Waals surface area contributed by atoms with Gasteiger partial charge in [0.05, 0.1) is 10.7 Å². The second kappa shape index (κ2) is 3.42. The summed E-state index contributed by atoms with van der Waals surface area (Å²) in [5.74, 6) is -3.04. The molecule has 0 heterocycles. The van der Waals surface area contributed by atoms with Crippen molar-refractivity contribution in [3.63, 3.8) is 0 Å². The number of hydrogen-bond acceptors (Lipinski definition) is 2. The van der Waals surface area contributed by atoms with Crippen LogP contribution in [-0.2, 0) is 0 Å². The van der Waals surface area contributed by atoms with Crippen LogP contribution in [0.2, 0.25) is 0 Å². The van der Waals surface area contributed by atoms with Gasteiger partial charge in [-0.05, 0) is 28.7 Å². The van der Waals surface area contributed by atoms with E-state index in [0.717, 1.165) is 13.2 Å². The summed E-state index contributed by atoms with van der Waals surface area (Å²) in [4.78, 5) is 0. The molecular formula is C7H5F2IO2. The molecule has 0 saturated carbocycles. The van der Waals surface area contributed by atoms with Gasteiger partial charge in [0, 0.05) is 0 Å². The number of phenols is 1. The number of phenolic OH excluding ortho intramolecular Hbond substituents is 1. The Morgan fingerprint density at radius 3 is 2.58 bits per heavy atom. The molecule has 1 aromatic rings. The molecule has 1 aromatic carbocycles. The Labute approximate surface area is 81.3 Å². The normalized spacial score (nSPS) is 10.0. The van der Waals surface area contributed by atoms with Crippen LogP contribution < -0.4 is 4.74 Å². The van der Waals surface area contributed by atoms with Crippen molar-refractivity contribution in [2.45, 2.75) is 0 Å². The van der Waals surface area contributed by atoms with Crippen molar-refractivity contribution in [2.75, 3.05) is 7.11 Å². The third kappa shape index (κ3) is 1.45. The number of hydrogen-bond donors (Lipinski definition) is 1. The van der Waals surface area contributed by atoms with Crippen LogP contribution >= 0.6 is 22.6 Å². The van der Waals surface area contributed by atoms with Gasteiger partial charge in [-0.15, -0.1) is 0 Å². The molecule has 5 heteroatoms. The lowest BCUT2D eigenvalue weighted by Crippen LogP contribution is -1.94. The molecule has 0 amide bonds. The fraction of sp³-hybridized carbons (Fsp3) is 0.143. The van der Waals surface area contributed by atoms with Crippen LogP contribution in [0.4, 0.5) is 8.78 Å². The molecule has 12 heavy (non-hydrogen) atoms. The van der Waals surface area contributed by atoms with Crippen LogP contribution in [0.3, 0.4) is 0 Å². The highest BCUT2D eigenvalue weighted by Crippen LogP contribution is 2.32. The van der Waals surface area contributed by atoms with Gasteiger partial charge >= 0.3 is 0 Å². The fourth-order valence-corrected chi connectivity index (χ4v) is 1.26. The molecule has 1 rings (SSSR count). The molecule has 0 spiro atoms. The summed E-state index contributed by atoms with van der Waals surface area (Å²) >= 11 is 1.62. The van der Waals surface area contributed by atoms with E-state index in [2.05, 4.69) is 4.74 Å². The Morgan fingerprint density at radius 2 is 2.08 bits per heavy atom. The zero-order valence-corrected chi connectivity index (χ0v) is 8.22. The van der Waals surface area contributed by atoms with Crippen LogP contribution in [0, 0.1) is 15.2 Å². The van der Waals surface area contributed by atoms with Gasteiger partial charge in [0.2, 0.25) is 5.82 Å². The molecule has 0 bridgehead atoms. The third-order valence-corrected chi connectivity index (χ3v) is 2.13. The highest BCUT2D eigenvalue weighted by molar-refractivity contribution is 14.1. The number of halogens is 3. The molecule has 0 fully saturated rings. The van der Waals surface area contributed by atoms with Crippen LogP contribution in [0.1, 0.15) is 0 Å². The summed E-state index contributed by atoms with van der Waals surface area (Å²) in [5, 5.41) is 9.01. The fourth-order valence-electron chi connectivity index (χ4n) is 0.749. The van der Waals surface area contributed by atoms with Crippen molar-refractivity contribution in [2.24, 2.45) is 0 Å². The van der Waals surface area contributed by atoms with Gasteiger partial charge in [-0.3, -0.25) is 0 Å². The van der Waals surface area contributed by atoms with Crippen molar-refractivity contribution in [1.29, 1.82) is 0 Å². The van der Waals surface area contributed by atoms with Gasteiger partial charge in [-0.1, -0.05) is 0 Å². The minimum atomic E-state index is -1.07. The van der Waals surface area contributed by atoms with Crippen LogP contribution in [0.5, 0.6) is 11.5 Å². The first-order valence-corrected chi connectivity index (χ1v) is 4.06. The number of methoxy groups -OCH3 is 1. The maximum Gasteiger partial charge on any atom is 0.210 e. The molecule has 0 aliphatic rings. The van der Waals surface area contributed by atoms with E-state index in [-0.39, 0.29) is 3.57 Å². The van der Waals surface area contributed by atoms with Crippen molar-refractivity contribution < 1.29 is 18.6 Å². The zero-order valence-electron chi connectivity index (χ0n) is 6.07. The van der Waals surface area contributed by atoms with E-state index in [9.17, 15) is 8.78 Å². The van der Waals surface area contributed by atoms with Crippen molar-refractivity contribution >= 4 is 22.6 Å². The lowest BCUT2D eigenvalue weighted by atomic mass is 10.3. The highest BCUT2D eigenvalue weighted by Gasteiger charge is 2.16. The Balaban J connectivity index is 3.40. The maximum atomic E-state index is 12.9. The number of rotatable bonds is 1. The lowest BCUT2D eigenvalue weighted by molar-refractivity contribution is 0.341. The molecule has 0 aromatic heterocycles. The summed E-state index contributed by atoms with van der Waals surface area (Å²) < 4.78 is 30.2. The van der Waals surface area contributed by atoms with Gasteiger partial charge in [-0.2, -0.15) is 4.39 Å². The molecule has 0 radical (unpaired) electrons. The van der Waals surface area contributed by atoms with Crippen LogP contribution in [-0.4, -0.2) is 12.2 Å². The first-order valence-electron chi connectivity index (χ1n) is 2.98. The van der Waals surface area contributed by atoms with Gasteiger partial charge < -0.3 is 9.84 Å². The lowest BCUT2D eigenvalue weighted by Gasteiger charge is -2.05. The van der Waals surface area contributed by atoms with E-state index in [4.69, 9.17) is 5.11 Å². The number of benzene rings is 1. The van der Waals surface area contributed by atoms with E-state index in [0.29, 0.717) is 0 Å². The summed E-state index contributed by atoms with van der Waals surface area (Å²) in [5.41, 5.74) is 0. The average molecular weight is 286 g/mol. The van der Waals surface area contributed by atoms with E-state index in [1.165, 1.54) is 0 Å². The Kier molecular flexibility index (Phi) is 2.71. The van der Waals surface area contributed by atoms with Gasteiger partial charge in [-0.25, -0.2) is 4.39 Å². The molecule has 2 nitrogen and oxygen atoms in total. The molecule has 0 saturated heterocycles. The first-order chi connectivity index (χ1) is 5.57. The third-order valence-electron chi connectivity index (χ3n) is 1.31. The predicted octanol–water partition coefficient (Wildman–Crippen LogP) is 2.28. The Morgan fingerprint density at radius 1 is 1.50 bits per heavy atom. The smallest absolute Gasteiger partial charge is 0.210 e. The number of aromatic hydroxyl groups is 1. The SMILES string of the molecule is COc1c(F)cc(I)c(O)c1F.